The van der Waals surface area contributed by atoms with E-state index in [1.807, 2.05) is 36.0 Å². The number of benzene rings is 2. The maximum absolute atomic E-state index is 13.7. The number of rotatable bonds is 5. The molecule has 1 fully saturated rings. The van der Waals surface area contributed by atoms with Crippen molar-refractivity contribution in [2.45, 2.75) is 25.9 Å². The smallest absolute Gasteiger partial charge is 0.387 e. The van der Waals surface area contributed by atoms with Gasteiger partial charge in [-0.3, -0.25) is 14.2 Å². The normalized spacial score (nSPS) is 14.1. The third kappa shape index (κ3) is 4.00. The van der Waals surface area contributed by atoms with Crippen molar-refractivity contribution in [1.29, 1.82) is 0 Å². The molecule has 2 aromatic carbocycles. The van der Waals surface area contributed by atoms with Gasteiger partial charge in [0.15, 0.2) is 11.5 Å². The van der Waals surface area contributed by atoms with Gasteiger partial charge in [0.2, 0.25) is 0 Å². The molecule has 0 unspecified atom stereocenters. The van der Waals surface area contributed by atoms with Crippen LogP contribution in [0.15, 0.2) is 53.6 Å². The highest BCUT2D eigenvalue weighted by atomic mass is 19.3. The Labute approximate surface area is 200 Å². The number of piperidine rings is 1. The summed E-state index contributed by atoms with van der Waals surface area (Å²) in [6.45, 7) is -1.85. The van der Waals surface area contributed by atoms with Crippen LogP contribution in [0.4, 0.5) is 8.78 Å². The predicted molar refractivity (Wildman–Crippen MR) is 129 cm³/mol. The van der Waals surface area contributed by atoms with E-state index >= 15 is 0 Å². The van der Waals surface area contributed by atoms with Crippen LogP contribution in [-0.2, 0) is 7.05 Å². The van der Waals surface area contributed by atoms with E-state index in [9.17, 15) is 18.4 Å². The minimum absolute atomic E-state index is 0.0211. The Hall–Kier alpha value is -3.88. The zero-order chi connectivity index (χ0) is 24.7. The number of hydrogen-bond donors (Lipinski definition) is 0. The van der Waals surface area contributed by atoms with Gasteiger partial charge in [0.25, 0.3) is 11.5 Å². The van der Waals surface area contributed by atoms with E-state index in [1.165, 1.54) is 23.8 Å². The van der Waals surface area contributed by atoms with Gasteiger partial charge in [-0.25, -0.2) is 0 Å². The van der Waals surface area contributed by atoms with Crippen molar-refractivity contribution in [2.75, 3.05) is 20.2 Å². The molecule has 1 aliphatic rings. The molecule has 2 aromatic heterocycles. The number of nitrogens with zero attached hydrogens (tertiary/aromatic N) is 3. The highest BCUT2D eigenvalue weighted by Crippen LogP contribution is 2.35. The first-order chi connectivity index (χ1) is 16.9. The number of halogens is 2. The first kappa shape index (κ1) is 22.9. The predicted octanol–water partition coefficient (Wildman–Crippen LogP) is 4.72. The van der Waals surface area contributed by atoms with Crippen LogP contribution in [0.5, 0.6) is 11.5 Å². The number of carbonyl (C=O) groups excluding carboxylic acids is 1. The molecule has 0 bridgehead atoms. The molecule has 1 saturated heterocycles. The van der Waals surface area contributed by atoms with Crippen molar-refractivity contribution < 1.29 is 23.0 Å². The van der Waals surface area contributed by atoms with Crippen LogP contribution in [0.1, 0.15) is 29.6 Å². The molecule has 9 heteroatoms. The molecular formula is C26H25F2N3O4. The number of amides is 1. The molecule has 0 saturated carbocycles. The van der Waals surface area contributed by atoms with Gasteiger partial charge in [0.05, 0.1) is 23.7 Å². The van der Waals surface area contributed by atoms with Crippen molar-refractivity contribution in [3.05, 3.63) is 64.7 Å². The summed E-state index contributed by atoms with van der Waals surface area (Å²) in [7, 11) is 3.23. The standard InChI is InChI=1S/C26H25F2N3O4/c1-29-12-9-16-20(29)7-6-8-21(16)31-15-19(24(32)30-10-4-3-5-11-30)17-13-22(34-2)23(35-26(27)28)14-18(17)25(31)33/h6-9,12-15,26H,3-5,10-11H2,1-2H3. The lowest BCUT2D eigenvalue weighted by atomic mass is 10.0. The van der Waals surface area contributed by atoms with Gasteiger partial charge < -0.3 is 18.9 Å². The third-order valence-corrected chi connectivity index (χ3v) is 6.56. The van der Waals surface area contributed by atoms with E-state index in [4.69, 9.17) is 4.74 Å². The second-order valence-electron chi connectivity index (χ2n) is 8.63. The summed E-state index contributed by atoms with van der Waals surface area (Å²) in [6, 6.07) is 10.1. The van der Waals surface area contributed by atoms with Gasteiger partial charge >= 0.3 is 6.61 Å². The lowest BCUT2D eigenvalue weighted by Gasteiger charge is -2.27. The van der Waals surface area contributed by atoms with Gasteiger partial charge in [-0.1, -0.05) is 6.07 Å². The summed E-state index contributed by atoms with van der Waals surface area (Å²) in [5, 5.41) is 1.25. The molecule has 35 heavy (non-hydrogen) atoms. The molecule has 3 heterocycles. The average molecular weight is 481 g/mol. The number of ether oxygens (including phenoxy) is 2. The first-order valence-electron chi connectivity index (χ1n) is 11.4. The number of likely N-dealkylation sites (tertiary alicyclic amines) is 1. The quantitative estimate of drug-likeness (QED) is 0.414. The highest BCUT2D eigenvalue weighted by molar-refractivity contribution is 6.07. The lowest BCUT2D eigenvalue weighted by Crippen LogP contribution is -2.36. The number of methoxy groups -OCH3 is 1. The number of hydrogen-bond acceptors (Lipinski definition) is 4. The van der Waals surface area contributed by atoms with E-state index in [1.54, 1.807) is 17.2 Å². The molecule has 182 valence electrons. The topological polar surface area (TPSA) is 65.7 Å². The van der Waals surface area contributed by atoms with Crippen LogP contribution in [0.25, 0.3) is 27.4 Å². The summed E-state index contributed by atoms with van der Waals surface area (Å²) >= 11 is 0. The molecule has 1 amide bonds. The van der Waals surface area contributed by atoms with E-state index in [-0.39, 0.29) is 22.8 Å². The van der Waals surface area contributed by atoms with Crippen molar-refractivity contribution in [3.63, 3.8) is 0 Å². The van der Waals surface area contributed by atoms with Crippen LogP contribution >= 0.6 is 0 Å². The van der Waals surface area contributed by atoms with Crippen LogP contribution in [0.2, 0.25) is 0 Å². The molecular weight excluding hydrogens is 456 g/mol. The van der Waals surface area contributed by atoms with E-state index in [0.717, 1.165) is 30.2 Å². The van der Waals surface area contributed by atoms with Crippen molar-refractivity contribution in [3.8, 4) is 17.2 Å². The molecule has 1 aliphatic heterocycles. The zero-order valence-electron chi connectivity index (χ0n) is 19.5. The van der Waals surface area contributed by atoms with Crippen LogP contribution in [0.3, 0.4) is 0 Å². The molecule has 0 atom stereocenters. The molecule has 0 radical (unpaired) electrons. The Morgan fingerprint density at radius 1 is 1.00 bits per heavy atom. The number of pyridine rings is 1. The lowest BCUT2D eigenvalue weighted by molar-refractivity contribution is -0.0511. The SMILES string of the molecule is COc1cc2c(C(=O)N3CCCCC3)cn(-c3cccc4c3ccn4C)c(=O)c2cc1OC(F)F. The molecule has 0 N–H and O–H groups in total. The van der Waals surface area contributed by atoms with Gasteiger partial charge in [0.1, 0.15) is 0 Å². The van der Waals surface area contributed by atoms with Crippen molar-refractivity contribution >= 4 is 27.6 Å². The van der Waals surface area contributed by atoms with Gasteiger partial charge in [-0.05, 0) is 49.6 Å². The van der Waals surface area contributed by atoms with Crippen LogP contribution in [-0.4, -0.2) is 46.8 Å². The van der Waals surface area contributed by atoms with Gasteiger partial charge in [0, 0.05) is 48.8 Å². The second kappa shape index (κ2) is 9.05. The maximum atomic E-state index is 13.7. The molecule has 0 spiro atoms. The Bertz CT molecular complexity index is 1490. The summed E-state index contributed by atoms with van der Waals surface area (Å²) in [4.78, 5) is 29.1. The largest absolute Gasteiger partial charge is 0.493 e. The second-order valence-corrected chi connectivity index (χ2v) is 8.63. The number of alkyl halides is 2. The fourth-order valence-electron chi connectivity index (χ4n) is 4.81. The van der Waals surface area contributed by atoms with Crippen molar-refractivity contribution in [1.82, 2.24) is 14.0 Å². The summed E-state index contributed by atoms with van der Waals surface area (Å²) in [6.07, 6.45) is 6.31. The van der Waals surface area contributed by atoms with E-state index in [0.29, 0.717) is 29.7 Å². The Morgan fingerprint density at radius 3 is 2.46 bits per heavy atom. The molecule has 5 rings (SSSR count). The van der Waals surface area contributed by atoms with E-state index < -0.39 is 12.2 Å². The monoisotopic (exact) mass is 481 g/mol. The maximum Gasteiger partial charge on any atom is 0.387 e. The summed E-state index contributed by atoms with van der Waals surface area (Å²) < 4.78 is 39.4. The third-order valence-electron chi connectivity index (χ3n) is 6.56. The zero-order valence-corrected chi connectivity index (χ0v) is 19.5. The Balaban J connectivity index is 1.81. The fourth-order valence-corrected chi connectivity index (χ4v) is 4.81. The van der Waals surface area contributed by atoms with Gasteiger partial charge in [-0.2, -0.15) is 8.78 Å². The number of aryl methyl sites for hydroxylation is 1. The molecule has 7 nitrogen and oxygen atoms in total. The summed E-state index contributed by atoms with van der Waals surface area (Å²) in [5.41, 5.74) is 1.36. The molecule has 0 aliphatic carbocycles. The first-order valence-corrected chi connectivity index (χ1v) is 11.4. The van der Waals surface area contributed by atoms with Crippen LogP contribution in [0, 0.1) is 0 Å². The number of fused-ring (bicyclic) bond motifs is 2. The number of aromatic nitrogens is 2. The fraction of sp³-hybridized carbons (Fsp3) is 0.308. The Morgan fingerprint density at radius 2 is 1.74 bits per heavy atom. The van der Waals surface area contributed by atoms with Crippen molar-refractivity contribution in [2.24, 2.45) is 7.05 Å². The minimum Gasteiger partial charge on any atom is -0.493 e. The highest BCUT2D eigenvalue weighted by Gasteiger charge is 2.25. The summed E-state index contributed by atoms with van der Waals surface area (Å²) in [5.74, 6) is -0.458. The Kier molecular flexibility index (Phi) is 5.92. The minimum atomic E-state index is -3.10. The van der Waals surface area contributed by atoms with Crippen LogP contribution < -0.4 is 15.0 Å². The molecule has 4 aromatic rings. The number of carbonyl (C=O) groups is 1. The van der Waals surface area contributed by atoms with Gasteiger partial charge in [-0.15, -0.1) is 0 Å². The average Bonchev–Trinajstić information content (AvgIpc) is 3.25. The van der Waals surface area contributed by atoms with E-state index in [2.05, 4.69) is 4.74 Å².